The molecule has 0 radical (unpaired) electrons. The highest BCUT2D eigenvalue weighted by Gasteiger charge is 2.37. The molecule has 4 aromatic rings. The number of nitrogens with two attached hydrogens (primary N) is 1. The number of alkyl carbamates (subject to hydrolysis) is 1. The molecule has 23 nitrogen and oxygen atoms in total. The van der Waals surface area contributed by atoms with Gasteiger partial charge >= 0.3 is 6.09 Å². The van der Waals surface area contributed by atoms with Gasteiger partial charge in [0.25, 0.3) is 0 Å². The Morgan fingerprint density at radius 3 is 2.00 bits per heavy atom. The Balaban J connectivity index is 1.53. The average molecular weight is 1300 g/mol. The summed E-state index contributed by atoms with van der Waals surface area (Å²) in [5.41, 5.74) is 8.45. The number of aliphatic hydroxyl groups is 3. The van der Waals surface area contributed by atoms with E-state index in [-0.39, 0.29) is 66.8 Å². The molecule has 14 N–H and O–H groups in total. The van der Waals surface area contributed by atoms with Gasteiger partial charge in [0.05, 0.1) is 24.9 Å². The van der Waals surface area contributed by atoms with Gasteiger partial charge in [0.1, 0.15) is 54.7 Å². The third kappa shape index (κ3) is 24.2. The lowest BCUT2D eigenvalue weighted by atomic mass is 9.99. The predicted molar refractivity (Wildman–Crippen MR) is 346 cm³/mol. The van der Waals surface area contributed by atoms with Crippen LogP contribution in [-0.2, 0) is 62.4 Å². The summed E-state index contributed by atoms with van der Waals surface area (Å²) in [6.45, 7) is 9.93. The molecule has 0 saturated carbocycles. The van der Waals surface area contributed by atoms with Gasteiger partial charge in [-0.25, -0.2) is 4.79 Å². The zero-order chi connectivity index (χ0) is 64.3. The molecule has 10 atom stereocenters. The molecular formula is C61H86N10O13S4. The number of unbranched alkanes of at least 4 members (excludes halogenated alkanes) is 1. The molecule has 2 unspecified atom stereocenters. The molecular weight excluding hydrogens is 1210 g/mol. The van der Waals surface area contributed by atoms with Crippen LogP contribution in [0.3, 0.4) is 0 Å². The number of benzene rings is 3. The molecule has 5 rings (SSSR count). The minimum absolute atomic E-state index is 0.00157. The number of carbonyl (C=O) groups excluding carboxylic acids is 9. The second-order valence-electron chi connectivity index (χ2n) is 22.5. The smallest absolute Gasteiger partial charge is 0.407 e. The molecule has 0 bridgehead atoms. The average Bonchev–Trinajstić information content (AvgIpc) is 2.76. The lowest BCUT2D eigenvalue weighted by molar-refractivity contribution is -0.136. The van der Waals surface area contributed by atoms with Crippen LogP contribution < -0.4 is 48.3 Å². The van der Waals surface area contributed by atoms with Gasteiger partial charge in [0.2, 0.25) is 41.4 Å². The summed E-state index contributed by atoms with van der Waals surface area (Å²) in [6.07, 6.45) is -0.449. The van der Waals surface area contributed by atoms with Gasteiger partial charge in [-0.2, -0.15) is 0 Å². The first kappa shape index (κ1) is 72.4. The molecule has 482 valence electrons. The molecule has 8 amide bonds. The number of rotatable bonds is 27. The van der Waals surface area contributed by atoms with Crippen LogP contribution in [0.4, 0.5) is 4.79 Å². The van der Waals surface area contributed by atoms with Crippen molar-refractivity contribution in [2.75, 3.05) is 37.0 Å². The van der Waals surface area contributed by atoms with Gasteiger partial charge in [-0.05, 0) is 82.7 Å². The number of aliphatic hydroxyl groups excluding tert-OH is 3. The lowest BCUT2D eigenvalue weighted by Gasteiger charge is -2.29. The zero-order valence-corrected chi connectivity index (χ0v) is 53.8. The summed E-state index contributed by atoms with van der Waals surface area (Å²) in [4.78, 5) is 131. The Morgan fingerprint density at radius 2 is 1.35 bits per heavy atom. The summed E-state index contributed by atoms with van der Waals surface area (Å²) in [7, 11) is 5.00. The van der Waals surface area contributed by atoms with Crippen molar-refractivity contribution in [3.05, 3.63) is 108 Å². The number of Topliss-reactive ketones (excluding diaryl/α,β-unsaturated/α-hetero) is 1. The normalized spacial score (nSPS) is 20.8. The Kier molecular flexibility index (Phi) is 30.4. The third-order valence-corrected chi connectivity index (χ3v) is 20.1. The molecule has 1 saturated heterocycles. The molecule has 88 heavy (non-hydrogen) atoms. The fourth-order valence-corrected chi connectivity index (χ4v) is 13.9. The van der Waals surface area contributed by atoms with Crippen molar-refractivity contribution < 1.29 is 63.2 Å². The second kappa shape index (κ2) is 37.0. The van der Waals surface area contributed by atoms with E-state index in [4.69, 9.17) is 10.5 Å². The summed E-state index contributed by atoms with van der Waals surface area (Å²) in [5, 5.41) is 53.7. The molecule has 1 fully saturated rings. The van der Waals surface area contributed by atoms with Gasteiger partial charge < -0.3 is 73.3 Å². The van der Waals surface area contributed by atoms with Gasteiger partial charge in [-0.3, -0.25) is 38.4 Å². The van der Waals surface area contributed by atoms with Crippen molar-refractivity contribution in [2.24, 2.45) is 11.7 Å². The minimum atomic E-state index is -1.71. The number of nitrogens with one attached hydrogen (secondary N) is 9. The van der Waals surface area contributed by atoms with E-state index in [1.807, 2.05) is 52.0 Å². The maximum absolute atomic E-state index is 15.0. The van der Waals surface area contributed by atoms with E-state index in [0.717, 1.165) is 32.5 Å². The molecule has 1 aliphatic rings. The number of fused-ring (bicyclic) bond motifs is 1. The van der Waals surface area contributed by atoms with E-state index in [2.05, 4.69) is 47.5 Å². The zero-order valence-electron chi connectivity index (χ0n) is 50.5. The van der Waals surface area contributed by atoms with Crippen molar-refractivity contribution in [3.8, 4) is 0 Å². The van der Waals surface area contributed by atoms with Gasteiger partial charge in [-0.1, -0.05) is 136 Å². The molecule has 0 spiro atoms. The first-order valence-corrected chi connectivity index (χ1v) is 34.2. The largest absolute Gasteiger partial charge is 0.449 e. The molecule has 0 aliphatic carbocycles. The van der Waals surface area contributed by atoms with Gasteiger partial charge in [-0.15, -0.1) is 0 Å². The van der Waals surface area contributed by atoms with Gasteiger partial charge in [0.15, 0.2) is 0 Å². The highest BCUT2D eigenvalue weighted by molar-refractivity contribution is 8.77. The monoisotopic (exact) mass is 1290 g/mol. The number of amides is 8. The van der Waals surface area contributed by atoms with E-state index in [1.54, 1.807) is 77.7 Å². The fraction of sp³-hybridized carbons (Fsp3) is 0.525. The van der Waals surface area contributed by atoms with E-state index in [1.165, 1.54) is 24.6 Å². The summed E-state index contributed by atoms with van der Waals surface area (Å²) < 4.78 is 5.32. The Morgan fingerprint density at radius 1 is 0.739 bits per heavy atom. The van der Waals surface area contributed by atoms with Crippen molar-refractivity contribution in [3.63, 3.8) is 0 Å². The maximum Gasteiger partial charge on any atom is 0.407 e. The number of ketones is 1. The predicted octanol–water partition coefficient (Wildman–Crippen LogP) is 3.13. The standard InChI is InChI=1S/C61H86N10O13S4/c1-36(2)51(75)24-25-61(5,6)88-85-28-27-84-60(83)70-46(30-40-19-11-8-12-20-40)55(78)68-49-34-86-87-35-50(58(81)67-48(33-72)37(3)73)69-59(82)52(38(4)74)71-53(76)44(23-15-16-26-62)64-56(79)47(31-41-32-63-43-22-14-13-21-42(41)43)66-54(77)45(65-57(49)80)29-39-17-9-7-10-18-39/h7-14,17-22,32,36-38,44-50,52,63,72-74H,15-16,23-31,33-35,62H2,1-6H3,(H,64,79)(H,65,80)(H,66,77)(H,67,81)(H,68,78)(H,69,82)(H,70,83)(H,71,76)/t37-,38-,44+,45+,46-,47-,48-,49?,50+,52?/m1/s1. The van der Waals surface area contributed by atoms with E-state index in [9.17, 15) is 48.9 Å². The van der Waals surface area contributed by atoms with Crippen LogP contribution in [0.15, 0.2) is 91.1 Å². The lowest BCUT2D eigenvalue weighted by Crippen LogP contribution is -2.62. The minimum Gasteiger partial charge on any atom is -0.449 e. The number of H-pyrrole nitrogens is 1. The Hall–Kier alpha value is -6.33. The summed E-state index contributed by atoms with van der Waals surface area (Å²) in [6, 6.07) is 13.5. The Bertz CT molecular complexity index is 2920. The third-order valence-electron chi connectivity index (χ3n) is 14.4. The maximum atomic E-state index is 15.0. The van der Waals surface area contributed by atoms with Crippen LogP contribution in [0.25, 0.3) is 10.9 Å². The molecule has 27 heteroatoms. The molecule has 1 aromatic heterocycles. The second-order valence-corrected chi connectivity index (χ2v) is 28.2. The van der Waals surface area contributed by atoms with Crippen LogP contribution in [-0.4, -0.2) is 176 Å². The number of carbonyl (C=O) groups is 9. The number of hydrogen-bond donors (Lipinski definition) is 13. The van der Waals surface area contributed by atoms with E-state index < -0.39 is 115 Å². The molecule has 2 heterocycles. The summed E-state index contributed by atoms with van der Waals surface area (Å²) in [5.74, 6) is -6.09. The molecule has 1 aliphatic heterocycles. The highest BCUT2D eigenvalue weighted by Crippen LogP contribution is 2.39. The summed E-state index contributed by atoms with van der Waals surface area (Å²) >= 11 is 0. The number of aromatic nitrogens is 1. The van der Waals surface area contributed by atoms with Crippen molar-refractivity contribution >= 4 is 107 Å². The van der Waals surface area contributed by atoms with Crippen LogP contribution in [0.5, 0.6) is 0 Å². The fourth-order valence-electron chi connectivity index (χ4n) is 9.13. The SMILES string of the molecule is CC(C)C(=O)CCC(C)(C)SSCCOC(=O)N[C@H](Cc1ccccc1)C(=O)NC1CSSC[C@@H](C(=O)N[C@H](CO)[C@@H](C)O)NC(=O)C([C@@H](C)O)NC(=O)[C@H](CCCCN)NC(=O)[C@@H](Cc2c[nH]c3ccccc23)NC(=O)[C@H](Cc2ccccc2)NC1=O. The van der Waals surface area contributed by atoms with E-state index in [0.29, 0.717) is 48.1 Å². The molecule has 3 aromatic carbocycles. The first-order valence-electron chi connectivity index (χ1n) is 29.4. The van der Waals surface area contributed by atoms with Crippen LogP contribution >= 0.6 is 43.2 Å². The van der Waals surface area contributed by atoms with Crippen LogP contribution in [0.2, 0.25) is 0 Å². The van der Waals surface area contributed by atoms with Crippen molar-refractivity contribution in [1.29, 1.82) is 0 Å². The first-order chi connectivity index (χ1) is 42.0. The number of ether oxygens (including phenoxy) is 1. The van der Waals surface area contributed by atoms with Crippen molar-refractivity contribution in [2.45, 2.75) is 158 Å². The number of hydrogen-bond acceptors (Lipinski definition) is 18. The highest BCUT2D eigenvalue weighted by atomic mass is 33.1. The number of aromatic amines is 1. The van der Waals surface area contributed by atoms with E-state index >= 15 is 9.59 Å². The van der Waals surface area contributed by atoms with Crippen LogP contribution in [0.1, 0.15) is 90.3 Å². The van der Waals surface area contributed by atoms with Crippen LogP contribution in [0, 0.1) is 5.92 Å². The Labute approximate surface area is 529 Å². The topological polar surface area (TPSA) is 362 Å². The van der Waals surface area contributed by atoms with Crippen molar-refractivity contribution in [1.82, 2.24) is 47.5 Å². The number of para-hydroxylation sites is 1. The van der Waals surface area contributed by atoms with Gasteiger partial charge in [0, 0.05) is 70.7 Å². The quantitative estimate of drug-likeness (QED) is 0.0301.